The van der Waals surface area contributed by atoms with Gasteiger partial charge in [0.25, 0.3) is 5.95 Å². The number of hydrogen-bond donors (Lipinski definition) is 1. The van der Waals surface area contributed by atoms with Crippen molar-refractivity contribution >= 4 is 27.8 Å². The number of benzene rings is 1. The molecule has 4 heterocycles. The molecule has 10 nitrogen and oxygen atoms in total. The van der Waals surface area contributed by atoms with Crippen LogP contribution in [0.3, 0.4) is 0 Å². The van der Waals surface area contributed by atoms with Gasteiger partial charge in [-0.05, 0) is 60.2 Å². The van der Waals surface area contributed by atoms with Gasteiger partial charge in [0.1, 0.15) is 17.4 Å². The van der Waals surface area contributed by atoms with Crippen molar-refractivity contribution in [2.24, 2.45) is 5.92 Å². The lowest BCUT2D eigenvalue weighted by Gasteiger charge is -2.21. The summed E-state index contributed by atoms with van der Waals surface area (Å²) in [6.45, 7) is 4.30. The molecule has 0 aliphatic heterocycles. The lowest BCUT2D eigenvalue weighted by molar-refractivity contribution is 0.492. The largest absolute Gasteiger partial charge is 0.361 e. The van der Waals surface area contributed by atoms with Gasteiger partial charge in [-0.3, -0.25) is 9.67 Å². The molecule has 0 bridgehead atoms. The van der Waals surface area contributed by atoms with Crippen LogP contribution in [-0.4, -0.2) is 44.9 Å². The monoisotopic (exact) mass is 440 g/mol. The summed E-state index contributed by atoms with van der Waals surface area (Å²) in [5.41, 5.74) is 3.79. The van der Waals surface area contributed by atoms with Crippen molar-refractivity contribution in [2.45, 2.75) is 45.2 Å². The van der Waals surface area contributed by atoms with Crippen molar-refractivity contribution in [3.05, 3.63) is 54.6 Å². The van der Waals surface area contributed by atoms with Crippen molar-refractivity contribution in [1.82, 2.24) is 44.9 Å². The average Bonchev–Trinajstić information content (AvgIpc) is 3.36. The Kier molecular flexibility index (Phi) is 4.70. The van der Waals surface area contributed by atoms with Crippen LogP contribution < -0.4 is 5.32 Å². The smallest absolute Gasteiger partial charge is 0.256 e. The Morgan fingerprint density at radius 2 is 2.00 bits per heavy atom. The SMILES string of the molecule is CCC(C)n1ncc2nc(-n3cnnn3)nc(NC(c3cnc4ccccc4c3)C3CC3)c21. The van der Waals surface area contributed by atoms with Gasteiger partial charge in [0, 0.05) is 17.6 Å². The van der Waals surface area contributed by atoms with Crippen molar-refractivity contribution in [1.29, 1.82) is 0 Å². The molecular formula is C23H24N10. The minimum absolute atomic E-state index is 0.0854. The molecule has 1 aliphatic rings. The van der Waals surface area contributed by atoms with Crippen LogP contribution in [0.15, 0.2) is 49.1 Å². The topological polar surface area (TPSA) is 112 Å². The molecule has 4 aromatic heterocycles. The van der Waals surface area contributed by atoms with Gasteiger partial charge >= 0.3 is 0 Å². The number of rotatable bonds is 7. The van der Waals surface area contributed by atoms with Crippen molar-refractivity contribution in [2.75, 3.05) is 5.32 Å². The molecule has 1 saturated carbocycles. The summed E-state index contributed by atoms with van der Waals surface area (Å²) >= 11 is 0. The summed E-state index contributed by atoms with van der Waals surface area (Å²) in [6.07, 6.45) is 8.55. The summed E-state index contributed by atoms with van der Waals surface area (Å²) in [7, 11) is 0. The summed E-state index contributed by atoms with van der Waals surface area (Å²) in [6, 6.07) is 10.7. The summed E-state index contributed by atoms with van der Waals surface area (Å²) in [4.78, 5) is 14.2. The lowest BCUT2D eigenvalue weighted by Crippen LogP contribution is -2.17. The highest BCUT2D eigenvalue weighted by atomic mass is 15.6. The Hall–Kier alpha value is -3.95. The summed E-state index contributed by atoms with van der Waals surface area (Å²) in [5, 5.41) is 20.9. The Morgan fingerprint density at radius 1 is 1.12 bits per heavy atom. The standard InChI is InChI=1S/C23H24N10/c1-3-14(2)33-21-19(12-26-33)27-23(32-13-25-30-31-32)29-22(21)28-20(15-8-9-15)17-10-16-6-4-5-7-18(16)24-11-17/h4-7,10-15,20H,3,8-9H2,1-2H3,(H,27,28,29). The van der Waals surface area contributed by atoms with E-state index in [1.807, 2.05) is 29.1 Å². The first-order valence-corrected chi connectivity index (χ1v) is 11.3. The second-order valence-electron chi connectivity index (χ2n) is 8.63. The van der Waals surface area contributed by atoms with Crippen molar-refractivity contribution in [3.8, 4) is 5.95 Å². The Balaban J connectivity index is 1.48. The predicted molar refractivity (Wildman–Crippen MR) is 124 cm³/mol. The van der Waals surface area contributed by atoms with E-state index in [0.717, 1.165) is 39.7 Å². The van der Waals surface area contributed by atoms with Crippen molar-refractivity contribution in [3.63, 3.8) is 0 Å². The minimum Gasteiger partial charge on any atom is -0.361 e. The van der Waals surface area contributed by atoms with E-state index in [1.54, 1.807) is 6.20 Å². The lowest BCUT2D eigenvalue weighted by atomic mass is 10.0. The van der Waals surface area contributed by atoms with Crippen LogP contribution in [0.25, 0.3) is 27.9 Å². The molecule has 166 valence electrons. The highest BCUT2D eigenvalue weighted by molar-refractivity contribution is 5.86. The molecule has 5 aromatic rings. The predicted octanol–water partition coefficient (Wildman–Crippen LogP) is 3.88. The highest BCUT2D eigenvalue weighted by Gasteiger charge is 2.34. The molecular weight excluding hydrogens is 416 g/mol. The van der Waals surface area contributed by atoms with Gasteiger partial charge < -0.3 is 5.32 Å². The van der Waals surface area contributed by atoms with E-state index in [-0.39, 0.29) is 12.1 Å². The quantitative estimate of drug-likeness (QED) is 0.406. The highest BCUT2D eigenvalue weighted by Crippen LogP contribution is 2.43. The molecule has 0 saturated heterocycles. The third-order valence-corrected chi connectivity index (χ3v) is 6.35. The molecule has 1 aromatic carbocycles. The van der Waals surface area contributed by atoms with E-state index in [4.69, 9.17) is 9.97 Å². The number of tetrazole rings is 1. The van der Waals surface area contributed by atoms with Crippen LogP contribution in [0.2, 0.25) is 0 Å². The number of pyridine rings is 1. The first kappa shape index (κ1) is 19.7. The molecule has 6 rings (SSSR count). The summed E-state index contributed by atoms with van der Waals surface area (Å²) in [5.74, 6) is 1.66. The van der Waals surface area contributed by atoms with Gasteiger partial charge in [0.15, 0.2) is 5.82 Å². The average molecular weight is 441 g/mol. The van der Waals surface area contributed by atoms with E-state index < -0.39 is 0 Å². The number of hydrogen-bond acceptors (Lipinski definition) is 8. The number of aromatic nitrogens is 9. The second-order valence-corrected chi connectivity index (χ2v) is 8.63. The van der Waals surface area contributed by atoms with Gasteiger partial charge in [0.2, 0.25) is 0 Å². The molecule has 10 heteroatoms. The molecule has 1 N–H and O–H groups in total. The minimum atomic E-state index is 0.0854. The van der Waals surface area contributed by atoms with Crippen LogP contribution in [-0.2, 0) is 0 Å². The van der Waals surface area contributed by atoms with E-state index in [1.165, 1.54) is 23.9 Å². The van der Waals surface area contributed by atoms with Crippen LogP contribution in [0, 0.1) is 5.92 Å². The molecule has 1 aliphatic carbocycles. The fourth-order valence-corrected chi connectivity index (χ4v) is 4.22. The number of anilines is 1. The number of nitrogens with one attached hydrogen (secondary N) is 1. The van der Waals surface area contributed by atoms with E-state index in [0.29, 0.717) is 11.9 Å². The normalized spacial score (nSPS) is 15.7. The molecule has 0 amide bonds. The van der Waals surface area contributed by atoms with Gasteiger partial charge in [-0.2, -0.15) is 14.8 Å². The number of nitrogens with zero attached hydrogens (tertiary/aromatic N) is 9. The zero-order chi connectivity index (χ0) is 22.4. The molecule has 2 unspecified atom stereocenters. The first-order valence-electron chi connectivity index (χ1n) is 11.3. The maximum absolute atomic E-state index is 4.85. The van der Waals surface area contributed by atoms with Gasteiger partial charge in [-0.15, -0.1) is 5.10 Å². The van der Waals surface area contributed by atoms with Crippen molar-refractivity contribution < 1.29 is 0 Å². The Morgan fingerprint density at radius 3 is 2.79 bits per heavy atom. The maximum atomic E-state index is 4.85. The van der Waals surface area contributed by atoms with Crippen LogP contribution in [0.5, 0.6) is 0 Å². The molecule has 33 heavy (non-hydrogen) atoms. The van der Waals surface area contributed by atoms with Crippen LogP contribution >= 0.6 is 0 Å². The summed E-state index contributed by atoms with van der Waals surface area (Å²) < 4.78 is 3.47. The number of fused-ring (bicyclic) bond motifs is 2. The third kappa shape index (κ3) is 3.57. The zero-order valence-electron chi connectivity index (χ0n) is 18.5. The van der Waals surface area contributed by atoms with Gasteiger partial charge in [0.05, 0.1) is 17.8 Å². The second kappa shape index (κ2) is 7.88. The maximum Gasteiger partial charge on any atom is 0.256 e. The first-order chi connectivity index (χ1) is 16.2. The van der Waals surface area contributed by atoms with E-state index >= 15 is 0 Å². The van der Waals surface area contributed by atoms with Crippen LogP contribution in [0.1, 0.15) is 50.8 Å². The van der Waals surface area contributed by atoms with E-state index in [2.05, 4.69) is 56.9 Å². The number of para-hydroxylation sites is 1. The molecule has 1 fully saturated rings. The molecule has 0 radical (unpaired) electrons. The van der Waals surface area contributed by atoms with E-state index in [9.17, 15) is 0 Å². The zero-order valence-corrected chi connectivity index (χ0v) is 18.5. The Bertz CT molecular complexity index is 1420. The van der Waals surface area contributed by atoms with Gasteiger partial charge in [-0.25, -0.2) is 4.98 Å². The fourth-order valence-electron chi connectivity index (χ4n) is 4.22. The molecule has 0 spiro atoms. The Labute approximate surface area is 190 Å². The van der Waals surface area contributed by atoms with Crippen LogP contribution in [0.4, 0.5) is 5.82 Å². The van der Waals surface area contributed by atoms with Gasteiger partial charge in [-0.1, -0.05) is 25.1 Å². The fraction of sp³-hybridized carbons (Fsp3) is 0.348. The third-order valence-electron chi connectivity index (χ3n) is 6.35. The molecule has 2 atom stereocenters.